The third-order valence-electron chi connectivity index (χ3n) is 3.78. The number of carbonyl (C=O) groups is 1. The van der Waals surface area contributed by atoms with Crippen LogP contribution in [0.3, 0.4) is 0 Å². The second-order valence-electron chi connectivity index (χ2n) is 5.54. The smallest absolute Gasteiger partial charge is 0.416 e. The van der Waals surface area contributed by atoms with E-state index in [9.17, 15) is 18.0 Å². The molecule has 2 aromatic carbocycles. The quantitative estimate of drug-likeness (QED) is 0.525. The summed E-state index contributed by atoms with van der Waals surface area (Å²) in [6, 6.07) is 8.45. The average molecular weight is 475 g/mol. The third-order valence-corrected chi connectivity index (χ3v) is 4.72. The SMILES string of the molecule is COc1ccc2c(CC(=O)Nc3cc(C(F)(F)F)ccc3I)coc2c1. The Morgan fingerprint density at radius 2 is 2.00 bits per heavy atom. The second kappa shape index (κ2) is 7.18. The van der Waals surface area contributed by atoms with Crippen molar-refractivity contribution in [1.29, 1.82) is 0 Å². The molecule has 136 valence electrons. The second-order valence-corrected chi connectivity index (χ2v) is 6.70. The van der Waals surface area contributed by atoms with E-state index in [1.807, 2.05) is 22.6 Å². The molecule has 1 N–H and O–H groups in total. The van der Waals surface area contributed by atoms with Crippen LogP contribution in [0.4, 0.5) is 18.9 Å². The zero-order chi connectivity index (χ0) is 18.9. The van der Waals surface area contributed by atoms with E-state index in [1.54, 1.807) is 18.2 Å². The standard InChI is InChI=1S/C18H13F3INO3/c1-25-12-3-4-13-10(9-26-16(13)8-12)6-17(24)23-15-7-11(18(19,20)21)2-5-14(15)22/h2-5,7-9H,6H2,1H3,(H,23,24). The van der Waals surface area contributed by atoms with Crippen LogP contribution in [0.2, 0.25) is 0 Å². The van der Waals surface area contributed by atoms with Crippen LogP contribution in [0, 0.1) is 3.57 Å². The molecule has 0 unspecified atom stereocenters. The van der Waals surface area contributed by atoms with E-state index < -0.39 is 17.6 Å². The topological polar surface area (TPSA) is 51.5 Å². The first-order valence-corrected chi connectivity index (χ1v) is 8.56. The molecule has 4 nitrogen and oxygen atoms in total. The molecule has 0 radical (unpaired) electrons. The minimum atomic E-state index is -4.47. The predicted molar refractivity (Wildman–Crippen MR) is 99.3 cm³/mol. The number of halogens is 4. The number of carbonyl (C=O) groups excluding carboxylic acids is 1. The molecule has 0 aliphatic rings. The van der Waals surface area contributed by atoms with Gasteiger partial charge in [0, 0.05) is 20.6 Å². The van der Waals surface area contributed by atoms with Crippen LogP contribution in [0.25, 0.3) is 11.0 Å². The van der Waals surface area contributed by atoms with Gasteiger partial charge in [-0.05, 0) is 52.9 Å². The molecule has 1 amide bonds. The molecule has 26 heavy (non-hydrogen) atoms. The Kier molecular flexibility index (Phi) is 5.12. The normalized spacial score (nSPS) is 11.6. The summed E-state index contributed by atoms with van der Waals surface area (Å²) in [7, 11) is 1.54. The van der Waals surface area contributed by atoms with Gasteiger partial charge in [0.05, 0.1) is 31.0 Å². The molecule has 0 spiro atoms. The lowest BCUT2D eigenvalue weighted by molar-refractivity contribution is -0.137. The number of alkyl halides is 3. The van der Waals surface area contributed by atoms with Gasteiger partial charge < -0.3 is 14.5 Å². The van der Waals surface area contributed by atoms with Crippen molar-refractivity contribution in [2.75, 3.05) is 12.4 Å². The Morgan fingerprint density at radius 1 is 1.23 bits per heavy atom. The molecule has 0 aliphatic heterocycles. The number of anilines is 1. The number of rotatable bonds is 4. The van der Waals surface area contributed by atoms with Gasteiger partial charge >= 0.3 is 6.18 Å². The fraction of sp³-hybridized carbons (Fsp3) is 0.167. The lowest BCUT2D eigenvalue weighted by Crippen LogP contribution is -2.16. The lowest BCUT2D eigenvalue weighted by Gasteiger charge is -2.11. The summed E-state index contributed by atoms with van der Waals surface area (Å²) in [5.74, 6) is 0.196. The predicted octanol–water partition coefficient (Wildman–Crippen LogP) is 5.25. The number of fused-ring (bicyclic) bond motifs is 1. The number of amides is 1. The van der Waals surface area contributed by atoms with Gasteiger partial charge in [-0.15, -0.1) is 0 Å². The van der Waals surface area contributed by atoms with Crippen molar-refractivity contribution >= 4 is 45.2 Å². The highest BCUT2D eigenvalue weighted by Gasteiger charge is 2.31. The van der Waals surface area contributed by atoms with Crippen molar-refractivity contribution in [3.8, 4) is 5.75 Å². The Balaban J connectivity index is 1.79. The summed E-state index contributed by atoms with van der Waals surface area (Å²) >= 11 is 1.88. The molecule has 3 aromatic rings. The van der Waals surface area contributed by atoms with E-state index in [1.165, 1.54) is 19.4 Å². The van der Waals surface area contributed by atoms with Gasteiger partial charge in [-0.25, -0.2) is 0 Å². The molecule has 3 rings (SSSR count). The molecule has 0 fully saturated rings. The molecule has 0 bridgehead atoms. The van der Waals surface area contributed by atoms with Crippen molar-refractivity contribution in [2.24, 2.45) is 0 Å². The molecule has 1 heterocycles. The minimum absolute atomic E-state index is 0.0222. The van der Waals surface area contributed by atoms with Crippen LogP contribution >= 0.6 is 22.6 Å². The molecular formula is C18H13F3INO3. The monoisotopic (exact) mass is 475 g/mol. The molecule has 8 heteroatoms. The summed E-state index contributed by atoms with van der Waals surface area (Å²) < 4.78 is 49.6. The summed E-state index contributed by atoms with van der Waals surface area (Å²) in [5.41, 5.74) is 0.525. The van der Waals surface area contributed by atoms with E-state index in [4.69, 9.17) is 9.15 Å². The Hall–Kier alpha value is -2.23. The number of benzene rings is 2. The molecule has 0 aliphatic carbocycles. The van der Waals surface area contributed by atoms with Crippen LogP contribution < -0.4 is 10.1 Å². The van der Waals surface area contributed by atoms with Gasteiger partial charge in [0.15, 0.2) is 0 Å². The molecule has 1 aromatic heterocycles. The van der Waals surface area contributed by atoms with E-state index in [2.05, 4.69) is 5.32 Å². The molecule has 0 atom stereocenters. The van der Waals surface area contributed by atoms with Gasteiger partial charge in [-0.2, -0.15) is 13.2 Å². The highest BCUT2D eigenvalue weighted by Crippen LogP contribution is 2.33. The first kappa shape index (κ1) is 18.6. The highest BCUT2D eigenvalue weighted by molar-refractivity contribution is 14.1. The largest absolute Gasteiger partial charge is 0.497 e. The third kappa shape index (κ3) is 3.95. The Bertz CT molecular complexity index is 966. The fourth-order valence-corrected chi connectivity index (χ4v) is 2.96. The lowest BCUT2D eigenvalue weighted by atomic mass is 10.1. The van der Waals surface area contributed by atoms with Crippen molar-refractivity contribution in [2.45, 2.75) is 12.6 Å². The van der Waals surface area contributed by atoms with Gasteiger partial charge in [0.25, 0.3) is 0 Å². The number of methoxy groups -OCH3 is 1. The first-order chi connectivity index (χ1) is 12.3. The zero-order valence-corrected chi connectivity index (χ0v) is 15.6. The maximum atomic E-state index is 12.8. The van der Waals surface area contributed by atoms with Crippen molar-refractivity contribution in [3.63, 3.8) is 0 Å². The van der Waals surface area contributed by atoms with Crippen LogP contribution in [-0.2, 0) is 17.4 Å². The summed E-state index contributed by atoms with van der Waals surface area (Å²) in [6.07, 6.45) is -3.03. The number of hydrogen-bond acceptors (Lipinski definition) is 3. The van der Waals surface area contributed by atoms with Crippen molar-refractivity contribution in [1.82, 2.24) is 0 Å². The zero-order valence-electron chi connectivity index (χ0n) is 13.5. The van der Waals surface area contributed by atoms with Gasteiger partial charge in [-0.3, -0.25) is 4.79 Å². The van der Waals surface area contributed by atoms with Crippen LogP contribution in [0.5, 0.6) is 5.75 Å². The first-order valence-electron chi connectivity index (χ1n) is 7.48. The number of hydrogen-bond donors (Lipinski definition) is 1. The van der Waals surface area contributed by atoms with Crippen LogP contribution in [0.1, 0.15) is 11.1 Å². The number of furan rings is 1. The molecule has 0 saturated carbocycles. The maximum absolute atomic E-state index is 12.8. The average Bonchev–Trinajstić information content (AvgIpc) is 2.97. The van der Waals surface area contributed by atoms with E-state index in [0.29, 0.717) is 20.5 Å². The summed E-state index contributed by atoms with van der Waals surface area (Å²) in [6.45, 7) is 0. The van der Waals surface area contributed by atoms with Gasteiger partial charge in [0.2, 0.25) is 5.91 Å². The summed E-state index contributed by atoms with van der Waals surface area (Å²) in [5, 5.41) is 3.29. The maximum Gasteiger partial charge on any atom is 0.416 e. The van der Waals surface area contributed by atoms with Gasteiger partial charge in [0.1, 0.15) is 11.3 Å². The van der Waals surface area contributed by atoms with Gasteiger partial charge in [-0.1, -0.05) is 0 Å². The summed E-state index contributed by atoms with van der Waals surface area (Å²) in [4.78, 5) is 12.3. The van der Waals surface area contributed by atoms with Crippen molar-refractivity contribution < 1.29 is 27.1 Å². The van der Waals surface area contributed by atoms with E-state index in [-0.39, 0.29) is 12.1 Å². The highest BCUT2D eigenvalue weighted by atomic mass is 127. The van der Waals surface area contributed by atoms with Crippen molar-refractivity contribution in [3.05, 3.63) is 57.4 Å². The number of ether oxygens (including phenoxy) is 1. The molecular weight excluding hydrogens is 462 g/mol. The van der Waals surface area contributed by atoms with E-state index in [0.717, 1.165) is 17.5 Å². The minimum Gasteiger partial charge on any atom is -0.497 e. The van der Waals surface area contributed by atoms with E-state index >= 15 is 0 Å². The Labute approximate surface area is 160 Å². The van der Waals surface area contributed by atoms with Crippen LogP contribution in [0.15, 0.2) is 47.1 Å². The number of nitrogens with one attached hydrogen (secondary N) is 1. The van der Waals surface area contributed by atoms with Crippen LogP contribution in [-0.4, -0.2) is 13.0 Å². The fourth-order valence-electron chi connectivity index (χ4n) is 2.49. The Morgan fingerprint density at radius 3 is 2.69 bits per heavy atom. The molecule has 0 saturated heterocycles.